The van der Waals surface area contributed by atoms with E-state index in [4.69, 9.17) is 0 Å². The summed E-state index contributed by atoms with van der Waals surface area (Å²) in [5.41, 5.74) is 1.16. The van der Waals surface area contributed by atoms with Crippen LogP contribution in [0.25, 0.3) is 0 Å². The standard InChI is InChI=1S/C17H17N3O3S2/c1-18-9-14(21)20(17(18)23)10-15(22)19-6-4-12-11(5-8-25-12)16(19)13-3-2-7-24-13/h2-3,5,7-8,16H,4,6,9-10H2,1H3/t16-/m1/s1. The van der Waals surface area contributed by atoms with Crippen molar-refractivity contribution < 1.29 is 14.4 Å². The first-order valence-electron chi connectivity index (χ1n) is 8.01. The van der Waals surface area contributed by atoms with Gasteiger partial charge < -0.3 is 9.80 Å². The number of thiophene rings is 2. The van der Waals surface area contributed by atoms with Gasteiger partial charge in [-0.25, -0.2) is 4.79 Å². The van der Waals surface area contributed by atoms with Crippen molar-refractivity contribution >= 4 is 40.5 Å². The highest BCUT2D eigenvalue weighted by molar-refractivity contribution is 7.10. The second-order valence-electron chi connectivity index (χ2n) is 6.17. The quantitative estimate of drug-likeness (QED) is 0.773. The number of amides is 4. The molecule has 0 bridgehead atoms. The van der Waals surface area contributed by atoms with Crippen LogP contribution in [0.1, 0.15) is 21.4 Å². The minimum atomic E-state index is -0.403. The number of hydrogen-bond acceptors (Lipinski definition) is 5. The largest absolute Gasteiger partial charge is 0.329 e. The molecule has 0 aromatic carbocycles. The second kappa shape index (κ2) is 6.27. The molecule has 0 spiro atoms. The zero-order valence-corrected chi connectivity index (χ0v) is 15.3. The van der Waals surface area contributed by atoms with Crippen LogP contribution in [0.3, 0.4) is 0 Å². The van der Waals surface area contributed by atoms with Gasteiger partial charge in [0.1, 0.15) is 13.1 Å². The number of urea groups is 1. The third kappa shape index (κ3) is 2.75. The van der Waals surface area contributed by atoms with E-state index in [-0.39, 0.29) is 30.9 Å². The molecule has 1 atom stereocenters. The van der Waals surface area contributed by atoms with Crippen LogP contribution in [-0.2, 0) is 16.0 Å². The molecule has 2 aromatic rings. The van der Waals surface area contributed by atoms with Crippen molar-refractivity contribution in [2.75, 3.05) is 26.7 Å². The highest BCUT2D eigenvalue weighted by Gasteiger charge is 2.39. The zero-order valence-electron chi connectivity index (χ0n) is 13.7. The molecule has 0 unspecified atom stereocenters. The summed E-state index contributed by atoms with van der Waals surface area (Å²) in [5.74, 6) is -0.506. The number of rotatable bonds is 3. The van der Waals surface area contributed by atoms with Gasteiger partial charge >= 0.3 is 6.03 Å². The van der Waals surface area contributed by atoms with Gasteiger partial charge in [0, 0.05) is 23.3 Å². The topological polar surface area (TPSA) is 60.9 Å². The molecule has 130 valence electrons. The van der Waals surface area contributed by atoms with Crippen LogP contribution in [-0.4, -0.2) is 59.2 Å². The monoisotopic (exact) mass is 375 g/mol. The lowest BCUT2D eigenvalue weighted by Gasteiger charge is -2.36. The van der Waals surface area contributed by atoms with E-state index in [1.54, 1.807) is 34.6 Å². The summed E-state index contributed by atoms with van der Waals surface area (Å²) < 4.78 is 0. The summed E-state index contributed by atoms with van der Waals surface area (Å²) in [7, 11) is 1.57. The summed E-state index contributed by atoms with van der Waals surface area (Å²) in [6.07, 6.45) is 0.808. The van der Waals surface area contributed by atoms with E-state index in [1.165, 1.54) is 9.78 Å². The Morgan fingerprint density at radius 2 is 2.08 bits per heavy atom. The molecule has 25 heavy (non-hydrogen) atoms. The molecule has 0 radical (unpaired) electrons. The van der Waals surface area contributed by atoms with Crippen LogP contribution in [0.4, 0.5) is 4.79 Å². The fraction of sp³-hybridized carbons (Fsp3) is 0.353. The maximum absolute atomic E-state index is 13.0. The summed E-state index contributed by atoms with van der Waals surface area (Å²) in [6, 6.07) is 5.55. The Hall–Kier alpha value is -2.19. The van der Waals surface area contributed by atoms with Crippen LogP contribution >= 0.6 is 22.7 Å². The van der Waals surface area contributed by atoms with Gasteiger partial charge in [-0.05, 0) is 34.9 Å². The number of hydrogen-bond donors (Lipinski definition) is 0. The molecular weight excluding hydrogens is 358 g/mol. The Labute approximate surface area is 153 Å². The molecule has 2 aromatic heterocycles. The minimum absolute atomic E-state index is 0.0369. The average molecular weight is 375 g/mol. The molecule has 0 aliphatic carbocycles. The molecular formula is C17H17N3O3S2. The molecule has 4 heterocycles. The van der Waals surface area contributed by atoms with Crippen molar-refractivity contribution in [2.45, 2.75) is 12.5 Å². The predicted octanol–water partition coefficient (Wildman–Crippen LogP) is 2.18. The summed E-state index contributed by atoms with van der Waals surface area (Å²) in [4.78, 5) is 43.6. The fourth-order valence-corrected chi connectivity index (χ4v) is 5.15. The third-order valence-corrected chi connectivity index (χ3v) is 6.54. The Kier molecular flexibility index (Phi) is 4.09. The Morgan fingerprint density at radius 1 is 1.24 bits per heavy atom. The van der Waals surface area contributed by atoms with Gasteiger partial charge in [0.2, 0.25) is 5.91 Å². The number of imide groups is 1. The SMILES string of the molecule is CN1CC(=O)N(CC(=O)N2CCc3sccc3[C@@H]2c2cccs2)C1=O. The smallest absolute Gasteiger partial charge is 0.327 e. The van der Waals surface area contributed by atoms with Gasteiger partial charge in [-0.3, -0.25) is 14.5 Å². The van der Waals surface area contributed by atoms with Gasteiger partial charge in [-0.2, -0.15) is 0 Å². The van der Waals surface area contributed by atoms with Crippen LogP contribution in [0.2, 0.25) is 0 Å². The Morgan fingerprint density at radius 3 is 2.76 bits per heavy atom. The van der Waals surface area contributed by atoms with Crippen molar-refractivity contribution in [1.82, 2.24) is 14.7 Å². The van der Waals surface area contributed by atoms with E-state index >= 15 is 0 Å². The van der Waals surface area contributed by atoms with Crippen LogP contribution in [0.5, 0.6) is 0 Å². The maximum atomic E-state index is 13.0. The molecule has 0 N–H and O–H groups in total. The Bertz CT molecular complexity index is 830. The molecule has 1 saturated heterocycles. The zero-order chi connectivity index (χ0) is 17.6. The van der Waals surface area contributed by atoms with Gasteiger partial charge in [0.05, 0.1) is 6.04 Å². The molecule has 0 saturated carbocycles. The van der Waals surface area contributed by atoms with E-state index in [9.17, 15) is 14.4 Å². The third-order valence-electron chi connectivity index (χ3n) is 4.62. The summed E-state index contributed by atoms with van der Waals surface area (Å²) in [6.45, 7) is 0.444. The van der Waals surface area contributed by atoms with Gasteiger partial charge in [-0.1, -0.05) is 6.07 Å². The van der Waals surface area contributed by atoms with Crippen molar-refractivity contribution in [3.8, 4) is 0 Å². The number of likely N-dealkylation sites (N-methyl/N-ethyl adjacent to an activating group) is 1. The van der Waals surface area contributed by atoms with Crippen LogP contribution in [0.15, 0.2) is 29.0 Å². The maximum Gasteiger partial charge on any atom is 0.327 e. The number of carbonyl (C=O) groups excluding carboxylic acids is 3. The lowest BCUT2D eigenvalue weighted by Crippen LogP contribution is -2.46. The van der Waals surface area contributed by atoms with Gasteiger partial charge in [0.25, 0.3) is 5.91 Å². The molecule has 2 aliphatic heterocycles. The molecule has 8 heteroatoms. The molecule has 4 amide bonds. The van der Waals surface area contributed by atoms with Crippen molar-refractivity contribution in [3.05, 3.63) is 44.3 Å². The molecule has 4 rings (SSSR count). The highest BCUT2D eigenvalue weighted by atomic mass is 32.1. The number of carbonyl (C=O) groups is 3. The second-order valence-corrected chi connectivity index (χ2v) is 8.15. The summed E-state index contributed by atoms with van der Waals surface area (Å²) >= 11 is 3.33. The lowest BCUT2D eigenvalue weighted by molar-refractivity contribution is -0.138. The number of fused-ring (bicyclic) bond motifs is 1. The van der Waals surface area contributed by atoms with Crippen molar-refractivity contribution in [1.29, 1.82) is 0 Å². The first-order valence-corrected chi connectivity index (χ1v) is 9.77. The fourth-order valence-electron chi connectivity index (χ4n) is 3.39. The van der Waals surface area contributed by atoms with E-state index < -0.39 is 6.03 Å². The Balaban J connectivity index is 1.61. The van der Waals surface area contributed by atoms with Crippen molar-refractivity contribution in [3.63, 3.8) is 0 Å². The highest BCUT2D eigenvalue weighted by Crippen LogP contribution is 2.39. The van der Waals surface area contributed by atoms with Gasteiger partial charge in [-0.15, -0.1) is 22.7 Å². The van der Waals surface area contributed by atoms with E-state index in [0.29, 0.717) is 6.54 Å². The average Bonchev–Trinajstić information content (AvgIpc) is 3.32. The first kappa shape index (κ1) is 16.3. The van der Waals surface area contributed by atoms with Gasteiger partial charge in [0.15, 0.2) is 0 Å². The molecule has 1 fully saturated rings. The summed E-state index contributed by atoms with van der Waals surface area (Å²) in [5, 5.41) is 4.06. The van der Waals surface area contributed by atoms with Crippen LogP contribution in [0, 0.1) is 0 Å². The number of nitrogens with zero attached hydrogens (tertiary/aromatic N) is 3. The first-order chi connectivity index (χ1) is 12.1. The van der Waals surface area contributed by atoms with E-state index in [0.717, 1.165) is 21.8 Å². The molecule has 2 aliphatic rings. The minimum Gasteiger partial charge on any atom is -0.329 e. The lowest BCUT2D eigenvalue weighted by atomic mass is 9.98. The van der Waals surface area contributed by atoms with Crippen molar-refractivity contribution in [2.24, 2.45) is 0 Å². The molecule has 6 nitrogen and oxygen atoms in total. The van der Waals surface area contributed by atoms with E-state index in [1.807, 2.05) is 17.5 Å². The van der Waals surface area contributed by atoms with E-state index in [2.05, 4.69) is 11.4 Å². The predicted molar refractivity (Wildman–Crippen MR) is 95.6 cm³/mol. The normalized spacial score (nSPS) is 20.4. The van der Waals surface area contributed by atoms with Crippen LogP contribution < -0.4 is 0 Å².